The van der Waals surface area contributed by atoms with Crippen molar-refractivity contribution < 1.29 is 14.2 Å². The molecule has 7 heteroatoms. The molecule has 0 amide bonds. The van der Waals surface area contributed by atoms with E-state index < -0.39 is 5.82 Å². The van der Waals surface area contributed by atoms with Crippen LogP contribution in [0.5, 0.6) is 0 Å². The van der Waals surface area contributed by atoms with Crippen LogP contribution in [0.15, 0.2) is 24.4 Å². The van der Waals surface area contributed by atoms with Crippen molar-refractivity contribution in [3.05, 3.63) is 40.9 Å². The zero-order valence-corrected chi connectivity index (χ0v) is 10.1. The predicted octanol–water partition coefficient (Wildman–Crippen LogP) is 1.57. The van der Waals surface area contributed by atoms with Gasteiger partial charge >= 0.3 is 0 Å². The van der Waals surface area contributed by atoms with Crippen molar-refractivity contribution in [2.24, 2.45) is 0 Å². The van der Waals surface area contributed by atoms with Crippen molar-refractivity contribution in [2.45, 2.75) is 6.61 Å². The molecule has 0 aliphatic heterocycles. The minimum Gasteiger partial charge on any atom is -0.394 e. The maximum absolute atomic E-state index is 13.2. The van der Waals surface area contributed by atoms with Crippen molar-refractivity contribution in [3.8, 4) is 5.69 Å². The van der Waals surface area contributed by atoms with Crippen LogP contribution in [0.25, 0.3) is 5.69 Å². The largest absolute Gasteiger partial charge is 0.394 e. The SMILES string of the molecule is OCCOCc1cn(-c2cc(F)cc(Cl)c2)nn1. The fraction of sp³-hybridized carbons (Fsp3) is 0.273. The van der Waals surface area contributed by atoms with Crippen LogP contribution in [0, 0.1) is 5.82 Å². The lowest BCUT2D eigenvalue weighted by Gasteiger charge is -2.01. The second-order valence-corrected chi connectivity index (χ2v) is 3.99. The predicted molar refractivity (Wildman–Crippen MR) is 63.1 cm³/mol. The van der Waals surface area contributed by atoms with E-state index in [1.807, 2.05) is 0 Å². The van der Waals surface area contributed by atoms with Gasteiger partial charge in [0, 0.05) is 5.02 Å². The third-order valence-electron chi connectivity index (χ3n) is 2.14. The Balaban J connectivity index is 2.13. The van der Waals surface area contributed by atoms with E-state index in [9.17, 15) is 4.39 Å². The fourth-order valence-electron chi connectivity index (χ4n) is 1.40. The summed E-state index contributed by atoms with van der Waals surface area (Å²) in [5, 5.41) is 16.6. The average molecular weight is 272 g/mol. The number of hydrogen-bond acceptors (Lipinski definition) is 4. The highest BCUT2D eigenvalue weighted by Crippen LogP contribution is 2.17. The monoisotopic (exact) mass is 271 g/mol. The van der Waals surface area contributed by atoms with Crippen molar-refractivity contribution >= 4 is 11.6 Å². The number of rotatable bonds is 5. The Hall–Kier alpha value is -1.50. The molecule has 96 valence electrons. The molecule has 1 aromatic carbocycles. The number of aliphatic hydroxyl groups excluding tert-OH is 1. The molecule has 0 aliphatic rings. The minimum atomic E-state index is -0.439. The van der Waals surface area contributed by atoms with Crippen molar-refractivity contribution in [1.29, 1.82) is 0 Å². The van der Waals surface area contributed by atoms with Crippen LogP contribution >= 0.6 is 11.6 Å². The summed E-state index contributed by atoms with van der Waals surface area (Å²) in [6.07, 6.45) is 1.61. The molecule has 1 aromatic heterocycles. The molecule has 0 unspecified atom stereocenters. The van der Waals surface area contributed by atoms with Gasteiger partial charge in [-0.15, -0.1) is 5.10 Å². The summed E-state index contributed by atoms with van der Waals surface area (Å²) >= 11 is 5.76. The van der Waals surface area contributed by atoms with Crippen molar-refractivity contribution in [3.63, 3.8) is 0 Å². The third kappa shape index (κ3) is 3.25. The Bertz CT molecular complexity index is 513. The Morgan fingerprint density at radius 3 is 2.94 bits per heavy atom. The van der Waals surface area contributed by atoms with Gasteiger partial charge in [0.2, 0.25) is 0 Å². The van der Waals surface area contributed by atoms with Gasteiger partial charge in [0.1, 0.15) is 11.5 Å². The summed E-state index contributed by atoms with van der Waals surface area (Å²) in [6.45, 7) is 0.426. The molecule has 1 N–H and O–H groups in total. The highest BCUT2D eigenvalue weighted by atomic mass is 35.5. The first kappa shape index (κ1) is 12.9. The van der Waals surface area contributed by atoms with Gasteiger partial charge in [0.05, 0.1) is 31.7 Å². The Morgan fingerprint density at radius 2 is 2.22 bits per heavy atom. The number of nitrogens with zero attached hydrogens (tertiary/aromatic N) is 3. The summed E-state index contributed by atoms with van der Waals surface area (Å²) in [5.74, 6) is -0.439. The normalized spacial score (nSPS) is 10.8. The topological polar surface area (TPSA) is 60.2 Å². The first-order chi connectivity index (χ1) is 8.69. The fourth-order valence-corrected chi connectivity index (χ4v) is 1.62. The van der Waals surface area contributed by atoms with Gasteiger partial charge in [0.25, 0.3) is 0 Å². The van der Waals surface area contributed by atoms with Crippen LogP contribution in [0.3, 0.4) is 0 Å². The first-order valence-corrected chi connectivity index (χ1v) is 5.63. The van der Waals surface area contributed by atoms with E-state index in [-0.39, 0.29) is 19.8 Å². The minimum absolute atomic E-state index is 0.0480. The Morgan fingerprint density at radius 1 is 1.39 bits per heavy atom. The summed E-state index contributed by atoms with van der Waals surface area (Å²) in [5.41, 5.74) is 1.07. The van der Waals surface area contributed by atoms with E-state index >= 15 is 0 Å². The highest BCUT2D eigenvalue weighted by Gasteiger charge is 2.05. The lowest BCUT2D eigenvalue weighted by Crippen LogP contribution is -1.99. The summed E-state index contributed by atoms with van der Waals surface area (Å²) in [7, 11) is 0. The van der Waals surface area contributed by atoms with Crippen LogP contribution in [0.4, 0.5) is 4.39 Å². The summed E-state index contributed by atoms with van der Waals surface area (Å²) in [6, 6.07) is 4.10. The second kappa shape index (κ2) is 5.90. The van der Waals surface area contributed by atoms with Gasteiger partial charge < -0.3 is 9.84 Å². The molecule has 0 radical (unpaired) electrons. The molecule has 5 nitrogen and oxygen atoms in total. The van der Waals surface area contributed by atoms with Gasteiger partial charge in [0.15, 0.2) is 0 Å². The quantitative estimate of drug-likeness (QED) is 0.839. The van der Waals surface area contributed by atoms with Gasteiger partial charge in [-0.25, -0.2) is 9.07 Å². The number of hydrogen-bond donors (Lipinski definition) is 1. The van der Waals surface area contributed by atoms with Crippen LogP contribution < -0.4 is 0 Å². The van der Waals surface area contributed by atoms with Gasteiger partial charge in [-0.2, -0.15) is 0 Å². The molecule has 0 atom stereocenters. The van der Waals surface area contributed by atoms with Crippen LogP contribution in [0.1, 0.15) is 5.69 Å². The van der Waals surface area contributed by atoms with Gasteiger partial charge in [-0.1, -0.05) is 16.8 Å². The highest BCUT2D eigenvalue weighted by molar-refractivity contribution is 6.30. The number of aromatic nitrogens is 3. The van der Waals surface area contributed by atoms with Gasteiger partial charge in [-0.3, -0.25) is 0 Å². The van der Waals surface area contributed by atoms with Crippen LogP contribution in [-0.4, -0.2) is 33.3 Å². The van der Waals surface area contributed by atoms with Crippen LogP contribution in [0.2, 0.25) is 5.02 Å². The molecule has 0 aliphatic carbocycles. The van der Waals surface area contributed by atoms with E-state index in [0.717, 1.165) is 0 Å². The van der Waals surface area contributed by atoms with E-state index in [4.69, 9.17) is 21.4 Å². The zero-order chi connectivity index (χ0) is 13.0. The molecule has 0 spiro atoms. The van der Waals surface area contributed by atoms with E-state index in [1.54, 1.807) is 12.3 Å². The molecule has 1 heterocycles. The lowest BCUT2D eigenvalue weighted by atomic mass is 10.3. The molecule has 2 rings (SSSR count). The average Bonchev–Trinajstić information content (AvgIpc) is 2.77. The van der Waals surface area contributed by atoms with E-state index in [0.29, 0.717) is 16.4 Å². The summed E-state index contributed by atoms with van der Waals surface area (Å²) in [4.78, 5) is 0. The lowest BCUT2D eigenvalue weighted by molar-refractivity contribution is 0.0796. The molecule has 0 bridgehead atoms. The molecule has 18 heavy (non-hydrogen) atoms. The molecule has 0 fully saturated rings. The third-order valence-corrected chi connectivity index (χ3v) is 2.36. The van der Waals surface area contributed by atoms with Crippen LogP contribution in [-0.2, 0) is 11.3 Å². The first-order valence-electron chi connectivity index (χ1n) is 5.25. The zero-order valence-electron chi connectivity index (χ0n) is 9.38. The van der Waals surface area contributed by atoms with Gasteiger partial charge in [-0.05, 0) is 18.2 Å². The van der Waals surface area contributed by atoms with Crippen molar-refractivity contribution in [1.82, 2.24) is 15.0 Å². The number of aliphatic hydroxyl groups is 1. The Kier molecular flexibility index (Phi) is 4.24. The summed E-state index contributed by atoms with van der Waals surface area (Å²) < 4.78 is 19.7. The standard InChI is InChI=1S/C11H11ClFN3O2/c12-8-3-9(13)5-11(4-8)16-6-10(14-15-16)7-18-2-1-17/h3-6,17H,1-2,7H2. The Labute approximate surface area is 108 Å². The van der Waals surface area contributed by atoms with E-state index in [2.05, 4.69) is 10.3 Å². The molecular formula is C11H11ClFN3O2. The maximum Gasteiger partial charge on any atom is 0.126 e. The smallest absolute Gasteiger partial charge is 0.126 e. The molecule has 0 saturated carbocycles. The molecule has 0 saturated heterocycles. The number of benzene rings is 1. The van der Waals surface area contributed by atoms with Crippen molar-refractivity contribution in [2.75, 3.05) is 13.2 Å². The number of ether oxygens (including phenoxy) is 1. The second-order valence-electron chi connectivity index (χ2n) is 3.56. The molecular weight excluding hydrogens is 261 g/mol. The maximum atomic E-state index is 13.2. The van der Waals surface area contributed by atoms with E-state index in [1.165, 1.54) is 16.8 Å². The number of halogens is 2. The molecule has 2 aromatic rings.